The SMILES string of the molecule is CCC(C)CCCCCCCCCCCCC(=O)O[C@H](COC(=O)CCCCCCCCCC(C)C)COP(=O)(O)OCC(O)COP(=O)(O)OC[C@@H](COC(=O)CCCCCCCCCCCCCC(C)C)OC(=O)CCCCCCCCCCCCCCCCCC(C)C. The molecule has 0 saturated heterocycles. The molecule has 0 rings (SSSR count). The van der Waals surface area contributed by atoms with Crippen molar-refractivity contribution in [3.05, 3.63) is 0 Å². The molecule has 0 heterocycles. The van der Waals surface area contributed by atoms with E-state index in [9.17, 15) is 43.2 Å². The van der Waals surface area contributed by atoms with Crippen LogP contribution in [-0.2, 0) is 65.4 Å². The van der Waals surface area contributed by atoms with Gasteiger partial charge in [-0.25, -0.2) is 9.13 Å². The molecule has 4 unspecified atom stereocenters. The molecule has 6 atom stereocenters. The lowest BCUT2D eigenvalue weighted by molar-refractivity contribution is -0.161. The lowest BCUT2D eigenvalue weighted by Crippen LogP contribution is -2.30. The van der Waals surface area contributed by atoms with E-state index in [1.807, 2.05) is 0 Å². The van der Waals surface area contributed by atoms with Crippen LogP contribution in [0.25, 0.3) is 0 Å². The maximum Gasteiger partial charge on any atom is 0.472 e. The van der Waals surface area contributed by atoms with Gasteiger partial charge in [-0.15, -0.1) is 0 Å². The predicted octanol–water partition coefficient (Wildman–Crippen LogP) is 22.4. The van der Waals surface area contributed by atoms with E-state index in [0.29, 0.717) is 31.6 Å². The maximum atomic E-state index is 13.1. The van der Waals surface area contributed by atoms with Crippen molar-refractivity contribution in [2.24, 2.45) is 23.7 Å². The minimum Gasteiger partial charge on any atom is -0.462 e. The molecule has 0 aliphatic carbocycles. The van der Waals surface area contributed by atoms with Crippen molar-refractivity contribution >= 4 is 39.5 Å². The molecule has 0 aliphatic rings. The summed E-state index contributed by atoms with van der Waals surface area (Å²) in [5.74, 6) is 0.962. The number of rotatable bonds is 74. The van der Waals surface area contributed by atoms with E-state index in [1.54, 1.807) is 0 Å². The Hall–Kier alpha value is -1.94. The van der Waals surface area contributed by atoms with Crippen molar-refractivity contribution in [1.29, 1.82) is 0 Å². The number of phosphoric ester groups is 2. The highest BCUT2D eigenvalue weighted by molar-refractivity contribution is 7.47. The number of aliphatic hydroxyl groups excluding tert-OH is 1. The smallest absolute Gasteiger partial charge is 0.462 e. The van der Waals surface area contributed by atoms with Crippen LogP contribution in [0.1, 0.15) is 389 Å². The first-order chi connectivity index (χ1) is 46.1. The van der Waals surface area contributed by atoms with Gasteiger partial charge in [0.1, 0.15) is 19.3 Å². The number of carbonyl (C=O) groups is 4. The number of unbranched alkanes of at least 4 members (excludes halogenated alkanes) is 39. The van der Waals surface area contributed by atoms with Crippen LogP contribution in [0.4, 0.5) is 0 Å². The van der Waals surface area contributed by atoms with Crippen LogP contribution in [0.5, 0.6) is 0 Å². The van der Waals surface area contributed by atoms with E-state index in [-0.39, 0.29) is 25.7 Å². The van der Waals surface area contributed by atoms with Crippen LogP contribution >= 0.6 is 15.6 Å². The molecule has 19 heteroatoms. The van der Waals surface area contributed by atoms with Gasteiger partial charge in [0.2, 0.25) is 0 Å². The Morgan fingerprint density at radius 1 is 0.292 bits per heavy atom. The van der Waals surface area contributed by atoms with Crippen LogP contribution < -0.4 is 0 Å². The van der Waals surface area contributed by atoms with E-state index in [4.69, 9.17) is 37.0 Å². The first kappa shape index (κ1) is 94.1. The van der Waals surface area contributed by atoms with Gasteiger partial charge in [0.25, 0.3) is 0 Å². The third-order valence-corrected chi connectivity index (χ3v) is 20.1. The largest absolute Gasteiger partial charge is 0.472 e. The van der Waals surface area contributed by atoms with E-state index >= 15 is 0 Å². The Kier molecular flexibility index (Phi) is 65.0. The lowest BCUT2D eigenvalue weighted by Gasteiger charge is -2.21. The third-order valence-electron chi connectivity index (χ3n) is 18.2. The van der Waals surface area contributed by atoms with Crippen LogP contribution in [0.3, 0.4) is 0 Å². The van der Waals surface area contributed by atoms with E-state index in [0.717, 1.165) is 114 Å². The molecular weight excluding hydrogens is 1260 g/mol. The fourth-order valence-electron chi connectivity index (χ4n) is 11.7. The molecule has 0 spiro atoms. The van der Waals surface area contributed by atoms with Gasteiger partial charge in [0.15, 0.2) is 12.2 Å². The molecule has 0 bridgehead atoms. The van der Waals surface area contributed by atoms with Crippen molar-refractivity contribution in [1.82, 2.24) is 0 Å². The Labute approximate surface area is 588 Å². The van der Waals surface area contributed by atoms with Gasteiger partial charge in [-0.1, -0.05) is 338 Å². The summed E-state index contributed by atoms with van der Waals surface area (Å²) in [6.45, 7) is 14.2. The molecule has 0 radical (unpaired) electrons. The number of ether oxygens (including phenoxy) is 4. The zero-order valence-electron chi connectivity index (χ0n) is 63.0. The van der Waals surface area contributed by atoms with Gasteiger partial charge in [0, 0.05) is 25.7 Å². The van der Waals surface area contributed by atoms with Gasteiger partial charge in [0.05, 0.1) is 26.4 Å². The quantitative estimate of drug-likeness (QED) is 0.0222. The van der Waals surface area contributed by atoms with Crippen LogP contribution in [0.2, 0.25) is 0 Å². The molecule has 0 aliphatic heterocycles. The van der Waals surface area contributed by atoms with E-state index < -0.39 is 97.5 Å². The summed E-state index contributed by atoms with van der Waals surface area (Å²) in [6, 6.07) is 0. The van der Waals surface area contributed by atoms with Crippen molar-refractivity contribution in [3.63, 3.8) is 0 Å². The first-order valence-corrected chi connectivity index (χ1v) is 42.7. The number of hydrogen-bond donors (Lipinski definition) is 3. The molecule has 570 valence electrons. The molecular formula is C77H150O17P2. The highest BCUT2D eigenvalue weighted by atomic mass is 31.2. The molecule has 0 amide bonds. The van der Waals surface area contributed by atoms with Crippen molar-refractivity contribution < 1.29 is 80.2 Å². The minimum absolute atomic E-state index is 0.105. The number of carbonyl (C=O) groups excluding carboxylic acids is 4. The standard InChI is InChI=1S/C77H150O17P2/c1-9-70(8)56-48-40-32-24-20-21-27-35-44-52-60-77(82)94-73(64-88-75(80)58-50-42-36-28-31-39-47-55-69(6)7)66-92-96(85,86)90-62-71(78)61-89-95(83,84)91-65-72(63-87-74(79)57-49-41-33-25-19-15-17-23-30-38-46-54-68(4)5)93-76(81)59-51-43-34-26-18-14-12-10-11-13-16-22-29-37-45-53-67(2)3/h67-73,78H,9-66H2,1-8H3,(H,83,84)(H,85,86)/t70?,71?,72-,73-/m1/s1. The molecule has 0 aromatic heterocycles. The summed E-state index contributed by atoms with van der Waals surface area (Å²) in [6.07, 6.45) is 51.3. The van der Waals surface area contributed by atoms with Gasteiger partial charge < -0.3 is 33.8 Å². The summed E-state index contributed by atoms with van der Waals surface area (Å²) in [4.78, 5) is 72.9. The fourth-order valence-corrected chi connectivity index (χ4v) is 13.3. The second-order valence-corrected chi connectivity index (χ2v) is 32.3. The molecule has 0 saturated carbocycles. The normalized spacial score (nSPS) is 14.4. The third kappa shape index (κ3) is 69.2. The summed E-state index contributed by atoms with van der Waals surface area (Å²) in [5, 5.41) is 10.6. The fraction of sp³-hybridized carbons (Fsp3) is 0.948. The van der Waals surface area contributed by atoms with Crippen molar-refractivity contribution in [2.75, 3.05) is 39.6 Å². The average molecular weight is 1410 g/mol. The Morgan fingerprint density at radius 3 is 0.740 bits per heavy atom. The Morgan fingerprint density at radius 2 is 0.500 bits per heavy atom. The highest BCUT2D eigenvalue weighted by Crippen LogP contribution is 2.45. The second kappa shape index (κ2) is 66.3. The Balaban J connectivity index is 5.25. The molecule has 96 heavy (non-hydrogen) atoms. The van der Waals surface area contributed by atoms with Crippen LogP contribution in [-0.4, -0.2) is 96.7 Å². The first-order valence-electron chi connectivity index (χ1n) is 39.7. The zero-order chi connectivity index (χ0) is 71.0. The summed E-state index contributed by atoms with van der Waals surface area (Å²) in [5.41, 5.74) is 0. The van der Waals surface area contributed by atoms with Crippen LogP contribution in [0, 0.1) is 23.7 Å². The number of phosphoric acid groups is 2. The monoisotopic (exact) mass is 1410 g/mol. The van der Waals surface area contributed by atoms with Gasteiger partial charge in [-0.05, 0) is 49.4 Å². The lowest BCUT2D eigenvalue weighted by atomic mass is 9.99. The van der Waals surface area contributed by atoms with E-state index in [2.05, 4.69) is 55.4 Å². The maximum absolute atomic E-state index is 13.1. The number of esters is 4. The van der Waals surface area contributed by atoms with Gasteiger partial charge in [-0.3, -0.25) is 37.3 Å². The van der Waals surface area contributed by atoms with E-state index in [1.165, 1.54) is 186 Å². The Bertz CT molecular complexity index is 1890. The average Bonchev–Trinajstić information content (AvgIpc) is 1.12. The molecule has 17 nitrogen and oxygen atoms in total. The summed E-state index contributed by atoms with van der Waals surface area (Å²) >= 11 is 0. The van der Waals surface area contributed by atoms with Crippen molar-refractivity contribution in [2.45, 2.75) is 408 Å². The predicted molar refractivity (Wildman–Crippen MR) is 391 cm³/mol. The minimum atomic E-state index is -4.96. The number of hydrogen-bond acceptors (Lipinski definition) is 15. The summed E-state index contributed by atoms with van der Waals surface area (Å²) < 4.78 is 68.6. The molecule has 3 N–H and O–H groups in total. The molecule has 0 aromatic carbocycles. The zero-order valence-corrected chi connectivity index (χ0v) is 64.8. The highest BCUT2D eigenvalue weighted by Gasteiger charge is 2.30. The molecule has 0 aromatic rings. The molecule has 0 fully saturated rings. The topological polar surface area (TPSA) is 237 Å². The number of aliphatic hydroxyl groups is 1. The van der Waals surface area contributed by atoms with Gasteiger partial charge in [-0.2, -0.15) is 0 Å². The van der Waals surface area contributed by atoms with Crippen molar-refractivity contribution in [3.8, 4) is 0 Å². The van der Waals surface area contributed by atoms with Crippen LogP contribution in [0.15, 0.2) is 0 Å². The summed E-state index contributed by atoms with van der Waals surface area (Å²) in [7, 11) is -9.92. The second-order valence-electron chi connectivity index (χ2n) is 29.4. The van der Waals surface area contributed by atoms with Gasteiger partial charge >= 0.3 is 39.5 Å².